The summed E-state index contributed by atoms with van der Waals surface area (Å²) >= 11 is 1.36. The number of ether oxygens (including phenoxy) is 1. The number of amides is 2. The number of thiophene rings is 1. The zero-order valence-corrected chi connectivity index (χ0v) is 22.4. The van der Waals surface area contributed by atoms with Crippen LogP contribution in [0.15, 0.2) is 66.7 Å². The Morgan fingerprint density at radius 1 is 1.13 bits per heavy atom. The van der Waals surface area contributed by atoms with Crippen LogP contribution in [-0.2, 0) is 17.6 Å². The fourth-order valence-corrected chi connectivity index (χ4v) is 6.41. The molecule has 6 nitrogen and oxygen atoms in total. The number of para-hydroxylation sites is 2. The maximum Gasteiger partial charge on any atom is 0.276 e. The van der Waals surface area contributed by atoms with Crippen molar-refractivity contribution in [3.05, 3.63) is 99.9 Å². The van der Waals surface area contributed by atoms with Crippen LogP contribution in [0, 0.1) is 18.7 Å². The standard InChI is InChI=1S/C31H28FN3O3S/c1-19-6-4-9-24(32)28(19)34-30(36)27-17-21-12-14-35(26-11-3-2-8-23(26)29(21)39-27)31(37)25-10-5-7-22(33-25)16-20-13-15-38-18-20/h2-11,17,20H,12-16,18H2,1H3,(H,34,36)/t20-/m1/s1. The molecule has 0 spiro atoms. The second kappa shape index (κ2) is 10.7. The molecular weight excluding hydrogens is 513 g/mol. The molecule has 4 heterocycles. The zero-order chi connectivity index (χ0) is 26.9. The Balaban J connectivity index is 1.28. The van der Waals surface area contributed by atoms with Crippen LogP contribution in [0.4, 0.5) is 15.8 Å². The minimum absolute atomic E-state index is 0.143. The number of benzene rings is 2. The third-order valence-electron chi connectivity index (χ3n) is 7.33. The van der Waals surface area contributed by atoms with Gasteiger partial charge in [-0.1, -0.05) is 36.4 Å². The van der Waals surface area contributed by atoms with Gasteiger partial charge in [-0.25, -0.2) is 9.37 Å². The van der Waals surface area contributed by atoms with Crippen LogP contribution in [-0.4, -0.2) is 36.6 Å². The van der Waals surface area contributed by atoms with Gasteiger partial charge in [0.2, 0.25) is 0 Å². The molecular formula is C31H28FN3O3S. The van der Waals surface area contributed by atoms with Crippen molar-refractivity contribution in [2.24, 2.45) is 5.92 Å². The number of aromatic nitrogens is 1. The van der Waals surface area contributed by atoms with Crippen LogP contribution < -0.4 is 10.2 Å². The van der Waals surface area contributed by atoms with Crippen LogP contribution in [0.1, 0.15) is 43.4 Å². The van der Waals surface area contributed by atoms with E-state index in [2.05, 4.69) is 5.32 Å². The fourth-order valence-electron chi connectivity index (χ4n) is 5.28. The first-order valence-corrected chi connectivity index (χ1v) is 13.9. The average molecular weight is 542 g/mol. The van der Waals surface area contributed by atoms with Crippen LogP contribution in [0.2, 0.25) is 0 Å². The lowest BCUT2D eigenvalue weighted by Crippen LogP contribution is -2.33. The Morgan fingerprint density at radius 2 is 1.97 bits per heavy atom. The summed E-state index contributed by atoms with van der Waals surface area (Å²) in [6.45, 7) is 3.74. The molecule has 2 aliphatic rings. The van der Waals surface area contributed by atoms with E-state index in [0.717, 1.165) is 53.4 Å². The summed E-state index contributed by atoms with van der Waals surface area (Å²) < 4.78 is 19.8. The number of pyridine rings is 1. The maximum atomic E-state index is 14.3. The van der Waals surface area contributed by atoms with E-state index in [1.165, 1.54) is 17.4 Å². The van der Waals surface area contributed by atoms with Gasteiger partial charge in [0.25, 0.3) is 11.8 Å². The predicted octanol–water partition coefficient (Wildman–Crippen LogP) is 6.29. The molecule has 2 amide bonds. The molecule has 6 rings (SSSR count). The van der Waals surface area contributed by atoms with Gasteiger partial charge in [-0.2, -0.15) is 0 Å². The van der Waals surface area contributed by atoms with Gasteiger partial charge >= 0.3 is 0 Å². The van der Waals surface area contributed by atoms with Gasteiger partial charge in [-0.05, 0) is 73.6 Å². The van der Waals surface area contributed by atoms with Crippen LogP contribution in [0.25, 0.3) is 10.4 Å². The number of halogens is 1. The van der Waals surface area contributed by atoms with E-state index in [4.69, 9.17) is 9.72 Å². The minimum Gasteiger partial charge on any atom is -0.381 e. The van der Waals surface area contributed by atoms with Crippen molar-refractivity contribution in [3.63, 3.8) is 0 Å². The van der Waals surface area contributed by atoms with Gasteiger partial charge < -0.3 is 15.0 Å². The van der Waals surface area contributed by atoms with Gasteiger partial charge in [0.15, 0.2) is 0 Å². The van der Waals surface area contributed by atoms with E-state index in [0.29, 0.717) is 35.0 Å². The zero-order valence-electron chi connectivity index (χ0n) is 21.6. The van der Waals surface area contributed by atoms with Gasteiger partial charge in [-0.15, -0.1) is 11.3 Å². The van der Waals surface area contributed by atoms with Crippen molar-refractivity contribution >= 4 is 34.5 Å². The van der Waals surface area contributed by atoms with Crippen LogP contribution >= 0.6 is 11.3 Å². The molecule has 198 valence electrons. The predicted molar refractivity (Wildman–Crippen MR) is 151 cm³/mol. The topological polar surface area (TPSA) is 71.5 Å². The molecule has 0 aliphatic carbocycles. The summed E-state index contributed by atoms with van der Waals surface area (Å²) in [4.78, 5) is 34.8. The Kier molecular flexibility index (Phi) is 6.97. The van der Waals surface area contributed by atoms with Crippen molar-refractivity contribution in [2.75, 3.05) is 30.0 Å². The Morgan fingerprint density at radius 3 is 2.79 bits per heavy atom. The van der Waals surface area contributed by atoms with E-state index < -0.39 is 5.82 Å². The normalized spacial score (nSPS) is 16.4. The highest BCUT2D eigenvalue weighted by molar-refractivity contribution is 7.17. The second-order valence-electron chi connectivity index (χ2n) is 10.0. The Bertz CT molecular complexity index is 1540. The Hall–Kier alpha value is -3.88. The van der Waals surface area contributed by atoms with Gasteiger partial charge in [0, 0.05) is 35.9 Å². The van der Waals surface area contributed by atoms with Gasteiger partial charge in [0.05, 0.1) is 16.3 Å². The number of nitrogens with one attached hydrogen (secondary N) is 1. The molecule has 8 heteroatoms. The summed E-state index contributed by atoms with van der Waals surface area (Å²) in [6, 6.07) is 20.0. The van der Waals surface area contributed by atoms with E-state index in [1.54, 1.807) is 30.0 Å². The fraction of sp³-hybridized carbons (Fsp3) is 0.258. The van der Waals surface area contributed by atoms with Crippen molar-refractivity contribution < 1.29 is 18.7 Å². The number of hydrogen-bond donors (Lipinski definition) is 1. The number of nitrogens with zero attached hydrogens (tertiary/aromatic N) is 2. The summed E-state index contributed by atoms with van der Waals surface area (Å²) in [6.07, 6.45) is 2.39. The molecule has 2 aliphatic heterocycles. The lowest BCUT2D eigenvalue weighted by Gasteiger charge is -2.23. The third kappa shape index (κ3) is 5.10. The highest BCUT2D eigenvalue weighted by Gasteiger charge is 2.28. The molecule has 1 atom stereocenters. The third-order valence-corrected chi connectivity index (χ3v) is 8.54. The van der Waals surface area contributed by atoms with Crippen molar-refractivity contribution in [2.45, 2.75) is 26.2 Å². The maximum absolute atomic E-state index is 14.3. The molecule has 0 bridgehead atoms. The highest BCUT2D eigenvalue weighted by atomic mass is 32.1. The highest BCUT2D eigenvalue weighted by Crippen LogP contribution is 2.42. The van der Waals surface area contributed by atoms with E-state index in [1.807, 2.05) is 42.5 Å². The Labute approximate surface area is 230 Å². The van der Waals surface area contributed by atoms with E-state index in [9.17, 15) is 14.0 Å². The second-order valence-corrected chi connectivity index (χ2v) is 11.1. The van der Waals surface area contributed by atoms with Gasteiger partial charge in [0.1, 0.15) is 11.5 Å². The summed E-state index contributed by atoms with van der Waals surface area (Å²) in [5.41, 5.74) is 4.85. The number of aryl methyl sites for hydroxylation is 1. The number of anilines is 2. The molecule has 1 fully saturated rings. The molecule has 0 saturated carbocycles. The number of rotatable bonds is 5. The first kappa shape index (κ1) is 25.4. The molecule has 4 aromatic rings. The molecule has 0 unspecified atom stereocenters. The SMILES string of the molecule is Cc1cccc(F)c1NC(=O)c1cc2c(s1)-c1ccccc1N(C(=O)c1cccc(C[C@H]3CCOC3)n1)CC2. The molecule has 0 radical (unpaired) electrons. The largest absolute Gasteiger partial charge is 0.381 e. The lowest BCUT2D eigenvalue weighted by atomic mass is 10.0. The van der Waals surface area contributed by atoms with E-state index >= 15 is 0 Å². The molecule has 39 heavy (non-hydrogen) atoms. The lowest BCUT2D eigenvalue weighted by molar-refractivity contribution is 0.0980. The average Bonchev–Trinajstić information content (AvgIpc) is 3.59. The summed E-state index contributed by atoms with van der Waals surface area (Å²) in [5.74, 6) is -0.517. The molecule has 2 aromatic carbocycles. The monoisotopic (exact) mass is 541 g/mol. The molecule has 1 N–H and O–H groups in total. The van der Waals surface area contributed by atoms with E-state index in [-0.39, 0.29) is 17.5 Å². The first-order chi connectivity index (χ1) is 19.0. The van der Waals surface area contributed by atoms with Crippen molar-refractivity contribution in [1.82, 2.24) is 4.98 Å². The number of carbonyl (C=O) groups is 2. The summed E-state index contributed by atoms with van der Waals surface area (Å²) in [5, 5.41) is 2.74. The minimum atomic E-state index is -0.463. The number of hydrogen-bond acceptors (Lipinski definition) is 5. The van der Waals surface area contributed by atoms with Crippen LogP contribution in [0.3, 0.4) is 0 Å². The van der Waals surface area contributed by atoms with Gasteiger partial charge in [-0.3, -0.25) is 9.59 Å². The van der Waals surface area contributed by atoms with Crippen molar-refractivity contribution in [3.8, 4) is 10.4 Å². The summed E-state index contributed by atoms with van der Waals surface area (Å²) in [7, 11) is 0. The number of fused-ring (bicyclic) bond motifs is 3. The quantitative estimate of drug-likeness (QED) is 0.322. The van der Waals surface area contributed by atoms with Crippen molar-refractivity contribution in [1.29, 1.82) is 0 Å². The molecule has 2 aromatic heterocycles. The van der Waals surface area contributed by atoms with Crippen LogP contribution in [0.5, 0.6) is 0 Å². The smallest absolute Gasteiger partial charge is 0.276 e. The number of carbonyl (C=O) groups excluding carboxylic acids is 2. The molecule has 1 saturated heterocycles. The first-order valence-electron chi connectivity index (χ1n) is 13.1.